The van der Waals surface area contributed by atoms with Gasteiger partial charge in [0.15, 0.2) is 0 Å². The molecule has 14 heavy (non-hydrogen) atoms. The maximum absolute atomic E-state index is 6.88. The highest BCUT2D eigenvalue weighted by atomic mass is 35.5. The first kappa shape index (κ1) is 9.89. The van der Waals surface area contributed by atoms with Crippen molar-refractivity contribution >= 4 is 29.1 Å². The molecule has 3 heteroatoms. The van der Waals surface area contributed by atoms with Gasteiger partial charge in [-0.1, -0.05) is 30.2 Å². The Morgan fingerprint density at radius 3 is 2.71 bits per heavy atom. The minimum absolute atomic E-state index is 0.546. The van der Waals surface area contributed by atoms with Crippen LogP contribution >= 0.6 is 23.4 Å². The first-order chi connectivity index (χ1) is 6.79. The molecule has 0 aromatic heterocycles. The van der Waals surface area contributed by atoms with Gasteiger partial charge in [-0.05, 0) is 18.9 Å². The van der Waals surface area contributed by atoms with Crippen molar-refractivity contribution < 1.29 is 0 Å². The summed E-state index contributed by atoms with van der Waals surface area (Å²) in [6.45, 7) is 6.88. The minimum atomic E-state index is 0.546. The highest BCUT2D eigenvalue weighted by molar-refractivity contribution is 8.00. The summed E-state index contributed by atoms with van der Waals surface area (Å²) in [6.07, 6.45) is 3.98. The van der Waals surface area contributed by atoms with Crippen molar-refractivity contribution in [2.75, 3.05) is 0 Å². The van der Waals surface area contributed by atoms with Gasteiger partial charge in [0.1, 0.15) is 0 Å². The summed E-state index contributed by atoms with van der Waals surface area (Å²) in [5.74, 6) is 0. The number of hydrogen-bond acceptors (Lipinski definition) is 1. The van der Waals surface area contributed by atoms with Crippen LogP contribution in [0.3, 0.4) is 0 Å². The first-order valence-corrected chi connectivity index (χ1v) is 5.89. The number of halogens is 1. The third-order valence-electron chi connectivity index (χ3n) is 2.39. The predicted molar refractivity (Wildman–Crippen MR) is 61.2 cm³/mol. The molecular formula is C11H10ClNS. The molecule has 1 saturated carbocycles. The standard InChI is InChI=1S/C11H10ClNS/c1-13-11-6-5-9(7-10(11)12)14-8-3-2-4-8/h5-8H,2-4H2. The molecule has 0 aliphatic heterocycles. The van der Waals surface area contributed by atoms with Crippen LogP contribution in [0.5, 0.6) is 0 Å². The highest BCUT2D eigenvalue weighted by Crippen LogP contribution is 2.38. The van der Waals surface area contributed by atoms with Crippen LogP contribution in [0.4, 0.5) is 5.69 Å². The largest absolute Gasteiger partial charge is 0.237 e. The molecule has 1 aromatic rings. The summed E-state index contributed by atoms with van der Waals surface area (Å²) in [5, 5.41) is 1.34. The molecule has 2 rings (SSSR count). The van der Waals surface area contributed by atoms with E-state index in [0.29, 0.717) is 10.7 Å². The SMILES string of the molecule is [C-]#[N+]c1ccc(SC2CCC2)cc1Cl. The minimum Gasteiger partial charge on any atom is -0.237 e. The Hall–Kier alpha value is -0.650. The van der Waals surface area contributed by atoms with Gasteiger partial charge in [-0.2, -0.15) is 0 Å². The first-order valence-electron chi connectivity index (χ1n) is 4.63. The second-order valence-electron chi connectivity index (χ2n) is 3.40. The molecule has 0 amide bonds. The molecule has 0 bridgehead atoms. The summed E-state index contributed by atoms with van der Waals surface area (Å²) < 4.78 is 0. The summed E-state index contributed by atoms with van der Waals surface area (Å²) in [5.41, 5.74) is 0.546. The Labute approximate surface area is 93.3 Å². The Morgan fingerprint density at radius 1 is 1.43 bits per heavy atom. The molecule has 1 aliphatic rings. The Bertz CT molecular complexity index is 379. The van der Waals surface area contributed by atoms with Gasteiger partial charge in [-0.15, -0.1) is 11.8 Å². The maximum atomic E-state index is 6.88. The third kappa shape index (κ3) is 2.05. The van der Waals surface area contributed by atoms with Crippen molar-refractivity contribution in [2.24, 2.45) is 0 Å². The lowest BCUT2D eigenvalue weighted by molar-refractivity contribution is 0.522. The molecule has 72 valence electrons. The van der Waals surface area contributed by atoms with Crippen LogP contribution in [0, 0.1) is 6.57 Å². The van der Waals surface area contributed by atoms with E-state index in [1.165, 1.54) is 24.2 Å². The fourth-order valence-corrected chi connectivity index (χ4v) is 2.91. The molecule has 0 spiro atoms. The van der Waals surface area contributed by atoms with Gasteiger partial charge in [0.2, 0.25) is 5.69 Å². The van der Waals surface area contributed by atoms with E-state index in [1.807, 2.05) is 23.9 Å². The van der Waals surface area contributed by atoms with E-state index in [1.54, 1.807) is 6.07 Å². The predicted octanol–water partition coefficient (Wildman–Crippen LogP) is 4.54. The lowest BCUT2D eigenvalue weighted by atomic mass is 10.0. The second-order valence-corrected chi connectivity index (χ2v) is 5.18. The van der Waals surface area contributed by atoms with Crippen LogP contribution in [0.2, 0.25) is 5.02 Å². The van der Waals surface area contributed by atoms with Crippen LogP contribution in [0.1, 0.15) is 19.3 Å². The quantitative estimate of drug-likeness (QED) is 0.667. The maximum Gasteiger partial charge on any atom is 0.205 e. The summed E-state index contributed by atoms with van der Waals surface area (Å²) in [4.78, 5) is 4.52. The van der Waals surface area contributed by atoms with Crippen LogP contribution < -0.4 is 0 Å². The Balaban J connectivity index is 2.12. The summed E-state index contributed by atoms with van der Waals surface area (Å²) in [6, 6.07) is 5.69. The molecule has 0 N–H and O–H groups in total. The second kappa shape index (κ2) is 4.25. The number of thioether (sulfide) groups is 1. The van der Waals surface area contributed by atoms with E-state index in [-0.39, 0.29) is 0 Å². The van der Waals surface area contributed by atoms with E-state index >= 15 is 0 Å². The molecule has 0 atom stereocenters. The molecule has 1 aromatic carbocycles. The third-order valence-corrected chi connectivity index (χ3v) is 4.03. The lowest BCUT2D eigenvalue weighted by Crippen LogP contribution is -2.12. The van der Waals surface area contributed by atoms with Gasteiger partial charge in [-0.3, -0.25) is 0 Å². The average Bonchev–Trinajstić information content (AvgIpc) is 2.12. The summed E-state index contributed by atoms with van der Waals surface area (Å²) >= 11 is 7.82. The molecule has 0 heterocycles. The van der Waals surface area contributed by atoms with E-state index in [4.69, 9.17) is 18.2 Å². The van der Waals surface area contributed by atoms with Gasteiger partial charge in [0, 0.05) is 15.2 Å². The van der Waals surface area contributed by atoms with Crippen molar-refractivity contribution in [3.8, 4) is 0 Å². The molecular weight excluding hydrogens is 214 g/mol. The highest BCUT2D eigenvalue weighted by Gasteiger charge is 2.18. The van der Waals surface area contributed by atoms with Crippen LogP contribution in [-0.4, -0.2) is 5.25 Å². The number of rotatable bonds is 2. The number of benzene rings is 1. The Kier molecular flexibility index (Phi) is 3.00. The fraction of sp³-hybridized carbons (Fsp3) is 0.364. The zero-order valence-corrected chi connectivity index (χ0v) is 9.24. The molecule has 0 saturated heterocycles. The summed E-state index contributed by atoms with van der Waals surface area (Å²) in [7, 11) is 0. The van der Waals surface area contributed by atoms with Gasteiger partial charge in [-0.25, -0.2) is 4.85 Å². The van der Waals surface area contributed by atoms with Crippen molar-refractivity contribution in [1.29, 1.82) is 0 Å². The van der Waals surface area contributed by atoms with E-state index in [9.17, 15) is 0 Å². The van der Waals surface area contributed by atoms with E-state index < -0.39 is 0 Å². The van der Waals surface area contributed by atoms with E-state index in [2.05, 4.69) is 4.85 Å². The lowest BCUT2D eigenvalue weighted by Gasteiger charge is -2.24. The number of hydrogen-bond donors (Lipinski definition) is 0. The van der Waals surface area contributed by atoms with Crippen molar-refractivity contribution in [3.63, 3.8) is 0 Å². The van der Waals surface area contributed by atoms with Gasteiger partial charge in [0.25, 0.3) is 0 Å². The average molecular weight is 224 g/mol. The van der Waals surface area contributed by atoms with Crippen LogP contribution in [0.25, 0.3) is 4.85 Å². The Morgan fingerprint density at radius 2 is 2.21 bits per heavy atom. The zero-order valence-electron chi connectivity index (χ0n) is 7.66. The van der Waals surface area contributed by atoms with Gasteiger partial charge >= 0.3 is 0 Å². The molecule has 1 fully saturated rings. The molecule has 1 nitrogen and oxygen atoms in total. The number of nitrogens with zero attached hydrogens (tertiary/aromatic N) is 1. The fourth-order valence-electron chi connectivity index (χ4n) is 1.33. The van der Waals surface area contributed by atoms with Crippen LogP contribution in [-0.2, 0) is 0 Å². The van der Waals surface area contributed by atoms with Crippen LogP contribution in [0.15, 0.2) is 23.1 Å². The monoisotopic (exact) mass is 223 g/mol. The van der Waals surface area contributed by atoms with E-state index in [0.717, 1.165) is 5.25 Å². The smallest absolute Gasteiger partial charge is 0.205 e. The van der Waals surface area contributed by atoms with Gasteiger partial charge < -0.3 is 0 Å². The molecule has 0 radical (unpaired) electrons. The normalized spacial score (nSPS) is 16.0. The topological polar surface area (TPSA) is 4.36 Å². The van der Waals surface area contributed by atoms with Crippen molar-refractivity contribution in [3.05, 3.63) is 34.6 Å². The van der Waals surface area contributed by atoms with Gasteiger partial charge in [0.05, 0.1) is 6.57 Å². The van der Waals surface area contributed by atoms with Crippen molar-refractivity contribution in [2.45, 2.75) is 29.4 Å². The molecule has 0 unspecified atom stereocenters. The van der Waals surface area contributed by atoms with Crippen molar-refractivity contribution in [1.82, 2.24) is 0 Å². The zero-order chi connectivity index (χ0) is 9.97. The molecule has 1 aliphatic carbocycles.